The van der Waals surface area contributed by atoms with Crippen molar-refractivity contribution in [2.24, 2.45) is 0 Å². The second kappa shape index (κ2) is 10.00. The van der Waals surface area contributed by atoms with Crippen LogP contribution < -0.4 is 10.6 Å². The number of hydrogen-bond acceptors (Lipinski definition) is 6. The number of para-hydroxylation sites is 1. The molecule has 0 aliphatic rings. The summed E-state index contributed by atoms with van der Waals surface area (Å²) in [6.45, 7) is 0. The molecule has 30 heavy (non-hydrogen) atoms. The van der Waals surface area contributed by atoms with E-state index in [4.69, 9.17) is 21.7 Å². The lowest BCUT2D eigenvalue weighted by Crippen LogP contribution is -2.21. The molecule has 0 saturated heterocycles. The van der Waals surface area contributed by atoms with Crippen molar-refractivity contribution in [2.45, 2.75) is 6.42 Å². The molecule has 0 unspecified atom stereocenters. The number of methoxy groups -OCH3 is 2. The predicted molar refractivity (Wildman–Crippen MR) is 123 cm³/mol. The normalized spacial score (nSPS) is 10.2. The highest BCUT2D eigenvalue weighted by Crippen LogP contribution is 2.31. The van der Waals surface area contributed by atoms with E-state index in [-0.39, 0.29) is 5.11 Å². The largest absolute Gasteiger partial charge is 0.465 e. The van der Waals surface area contributed by atoms with Crippen LogP contribution in [0.25, 0.3) is 0 Å². The van der Waals surface area contributed by atoms with Gasteiger partial charge in [0, 0.05) is 11.3 Å². The maximum atomic E-state index is 12.2. The second-order valence-corrected chi connectivity index (χ2v) is 7.77. The first-order valence-electron chi connectivity index (χ1n) is 9.02. The van der Waals surface area contributed by atoms with E-state index in [1.807, 2.05) is 30.3 Å². The molecule has 2 N–H and O–H groups in total. The minimum Gasteiger partial charge on any atom is -0.465 e. The van der Waals surface area contributed by atoms with Gasteiger partial charge in [-0.2, -0.15) is 0 Å². The van der Waals surface area contributed by atoms with Crippen LogP contribution >= 0.6 is 23.6 Å². The van der Waals surface area contributed by atoms with Crippen LogP contribution in [0.2, 0.25) is 0 Å². The second-order valence-electron chi connectivity index (χ2n) is 6.23. The molecule has 0 aliphatic carbocycles. The highest BCUT2D eigenvalue weighted by molar-refractivity contribution is 7.80. The highest BCUT2D eigenvalue weighted by atomic mass is 32.1. The summed E-state index contributed by atoms with van der Waals surface area (Å²) < 4.78 is 9.71. The standard InChI is InChI=1S/C22H20N2O4S2/c1-27-20(25)16-10-6-7-11-18(16)23-22(29)24-19-17(21(26)28-2)13-15(30-19)12-14-8-4-3-5-9-14/h3-11,13H,12H2,1-2H3,(H2,23,24,29). The Morgan fingerprint density at radius 3 is 2.23 bits per heavy atom. The molecule has 0 spiro atoms. The first kappa shape index (κ1) is 21.5. The monoisotopic (exact) mass is 440 g/mol. The number of benzene rings is 2. The minimum atomic E-state index is -0.475. The Hall–Kier alpha value is -3.23. The van der Waals surface area contributed by atoms with E-state index in [2.05, 4.69) is 10.6 Å². The number of anilines is 2. The number of esters is 2. The van der Waals surface area contributed by atoms with Gasteiger partial charge in [-0.3, -0.25) is 0 Å². The molecular formula is C22H20N2O4S2. The van der Waals surface area contributed by atoms with Crippen LogP contribution in [-0.2, 0) is 15.9 Å². The van der Waals surface area contributed by atoms with Crippen molar-refractivity contribution in [3.63, 3.8) is 0 Å². The average Bonchev–Trinajstić information content (AvgIpc) is 3.15. The maximum absolute atomic E-state index is 12.2. The Morgan fingerprint density at radius 1 is 0.900 bits per heavy atom. The lowest BCUT2D eigenvalue weighted by Gasteiger charge is -2.13. The maximum Gasteiger partial charge on any atom is 0.340 e. The number of carbonyl (C=O) groups is 2. The average molecular weight is 441 g/mol. The molecule has 6 nitrogen and oxygen atoms in total. The molecule has 8 heteroatoms. The van der Waals surface area contributed by atoms with Gasteiger partial charge < -0.3 is 20.1 Å². The van der Waals surface area contributed by atoms with Crippen LogP contribution in [0.5, 0.6) is 0 Å². The minimum absolute atomic E-state index is 0.240. The summed E-state index contributed by atoms with van der Waals surface area (Å²) in [4.78, 5) is 25.2. The Balaban J connectivity index is 1.80. The first-order valence-corrected chi connectivity index (χ1v) is 10.2. The quantitative estimate of drug-likeness (QED) is 0.424. The third-order valence-corrected chi connectivity index (χ3v) is 5.47. The van der Waals surface area contributed by atoms with Crippen molar-refractivity contribution in [3.8, 4) is 0 Å². The molecule has 0 amide bonds. The molecule has 0 saturated carbocycles. The Kier molecular flexibility index (Phi) is 7.16. The Labute approximate surface area is 183 Å². The summed E-state index contributed by atoms with van der Waals surface area (Å²) in [5.74, 6) is -0.928. The van der Waals surface area contributed by atoms with E-state index in [9.17, 15) is 9.59 Å². The Bertz CT molecular complexity index is 1060. The number of carbonyl (C=O) groups excluding carboxylic acids is 2. The van der Waals surface area contributed by atoms with E-state index >= 15 is 0 Å². The molecule has 3 aromatic rings. The molecule has 1 aromatic heterocycles. The van der Waals surface area contributed by atoms with Gasteiger partial charge in [0.2, 0.25) is 0 Å². The van der Waals surface area contributed by atoms with Crippen molar-refractivity contribution in [1.82, 2.24) is 0 Å². The lowest BCUT2D eigenvalue weighted by molar-refractivity contribution is 0.0593. The number of rotatable bonds is 6. The third kappa shape index (κ3) is 5.22. The van der Waals surface area contributed by atoms with Gasteiger partial charge >= 0.3 is 11.9 Å². The molecule has 0 aliphatic heterocycles. The molecule has 3 rings (SSSR count). The lowest BCUT2D eigenvalue weighted by atomic mass is 10.1. The fourth-order valence-electron chi connectivity index (χ4n) is 2.82. The Morgan fingerprint density at radius 2 is 1.53 bits per heavy atom. The highest BCUT2D eigenvalue weighted by Gasteiger charge is 2.19. The first-order chi connectivity index (χ1) is 14.5. The van der Waals surface area contributed by atoms with E-state index in [1.165, 1.54) is 25.6 Å². The third-order valence-electron chi connectivity index (χ3n) is 4.22. The van der Waals surface area contributed by atoms with Gasteiger partial charge in [0.25, 0.3) is 0 Å². The zero-order chi connectivity index (χ0) is 21.5. The molecule has 154 valence electrons. The van der Waals surface area contributed by atoms with E-state index < -0.39 is 11.9 Å². The number of thiocarbonyl (C=S) groups is 1. The van der Waals surface area contributed by atoms with Crippen LogP contribution in [0.4, 0.5) is 10.7 Å². The van der Waals surface area contributed by atoms with E-state index in [1.54, 1.807) is 30.3 Å². The topological polar surface area (TPSA) is 76.7 Å². The van der Waals surface area contributed by atoms with E-state index in [0.29, 0.717) is 28.2 Å². The molecule has 2 aromatic carbocycles. The summed E-state index contributed by atoms with van der Waals surface area (Å²) in [7, 11) is 2.65. The number of hydrogen-bond donors (Lipinski definition) is 2. The van der Waals surface area contributed by atoms with Crippen molar-refractivity contribution in [3.05, 3.63) is 82.2 Å². The number of thiophene rings is 1. The number of nitrogens with one attached hydrogen (secondary N) is 2. The zero-order valence-electron chi connectivity index (χ0n) is 16.4. The fraction of sp³-hybridized carbons (Fsp3) is 0.136. The van der Waals surface area contributed by atoms with Crippen molar-refractivity contribution in [2.75, 3.05) is 24.9 Å². The smallest absolute Gasteiger partial charge is 0.340 e. The van der Waals surface area contributed by atoms with Crippen molar-refractivity contribution in [1.29, 1.82) is 0 Å². The van der Waals surface area contributed by atoms with Gasteiger partial charge in [-0.1, -0.05) is 42.5 Å². The summed E-state index contributed by atoms with van der Waals surface area (Å²) in [6.07, 6.45) is 0.683. The van der Waals surface area contributed by atoms with Crippen molar-refractivity contribution < 1.29 is 19.1 Å². The summed E-state index contributed by atoms with van der Waals surface area (Å²) >= 11 is 6.82. The van der Waals surface area contributed by atoms with Gasteiger partial charge in [-0.25, -0.2) is 9.59 Å². The molecule has 0 radical (unpaired) electrons. The van der Waals surface area contributed by atoms with E-state index in [0.717, 1.165) is 10.4 Å². The van der Waals surface area contributed by atoms with Gasteiger partial charge in [-0.05, 0) is 36.0 Å². The van der Waals surface area contributed by atoms with Gasteiger partial charge in [0.05, 0.1) is 31.0 Å². The summed E-state index contributed by atoms with van der Waals surface area (Å²) in [6, 6.07) is 18.6. The van der Waals surface area contributed by atoms with Crippen LogP contribution in [0, 0.1) is 0 Å². The SMILES string of the molecule is COC(=O)c1ccccc1NC(=S)Nc1sc(Cc2ccccc2)cc1C(=O)OC. The number of ether oxygens (including phenoxy) is 2. The van der Waals surface area contributed by atoms with Gasteiger partial charge in [-0.15, -0.1) is 11.3 Å². The summed E-state index contributed by atoms with van der Waals surface area (Å²) in [5, 5.41) is 6.85. The van der Waals surface area contributed by atoms with Crippen LogP contribution in [0.1, 0.15) is 31.2 Å². The molecule has 1 heterocycles. The van der Waals surface area contributed by atoms with Crippen LogP contribution in [0.15, 0.2) is 60.7 Å². The molecule has 0 bridgehead atoms. The molecule has 0 atom stereocenters. The fourth-order valence-corrected chi connectivity index (χ4v) is 4.18. The predicted octanol–water partition coefficient (Wildman–Crippen LogP) is 4.72. The van der Waals surface area contributed by atoms with Crippen LogP contribution in [0.3, 0.4) is 0 Å². The van der Waals surface area contributed by atoms with Crippen LogP contribution in [-0.4, -0.2) is 31.3 Å². The molecular weight excluding hydrogens is 420 g/mol. The zero-order valence-corrected chi connectivity index (χ0v) is 18.1. The van der Waals surface area contributed by atoms with Gasteiger partial charge in [0.15, 0.2) is 5.11 Å². The van der Waals surface area contributed by atoms with Gasteiger partial charge in [0.1, 0.15) is 5.00 Å². The van der Waals surface area contributed by atoms with Crippen molar-refractivity contribution >= 4 is 51.3 Å². The molecule has 0 fully saturated rings. The summed E-state index contributed by atoms with van der Waals surface area (Å²) in [5.41, 5.74) is 2.39.